The number of imidazole rings is 1. The van der Waals surface area contributed by atoms with Gasteiger partial charge < -0.3 is 14.8 Å². The van der Waals surface area contributed by atoms with Gasteiger partial charge in [0.1, 0.15) is 0 Å². The van der Waals surface area contributed by atoms with E-state index in [1.807, 2.05) is 40.9 Å². The van der Waals surface area contributed by atoms with Crippen molar-refractivity contribution in [2.24, 2.45) is 13.0 Å². The van der Waals surface area contributed by atoms with Crippen LogP contribution < -0.4 is 5.32 Å². The standard InChI is InChI=1S/C19H24N4O/c1-13-6-7-15(9-17(13)18-11-22(2)12-20-18)21-19(24)23-10-14-4-3-5-16(23)8-14/h6-7,9,11-12,14,16H,3-5,8,10H2,1-2H3,(H,21,24). The maximum atomic E-state index is 12.7. The lowest BCUT2D eigenvalue weighted by atomic mass is 9.91. The minimum Gasteiger partial charge on any atom is -0.340 e. The average molecular weight is 324 g/mol. The summed E-state index contributed by atoms with van der Waals surface area (Å²) in [7, 11) is 1.96. The largest absolute Gasteiger partial charge is 0.340 e. The number of urea groups is 1. The molecule has 1 saturated carbocycles. The highest BCUT2D eigenvalue weighted by molar-refractivity contribution is 5.90. The molecule has 1 saturated heterocycles. The first-order valence-corrected chi connectivity index (χ1v) is 8.77. The molecule has 2 aromatic rings. The molecule has 1 aromatic carbocycles. The molecule has 1 aromatic heterocycles. The molecule has 2 aliphatic rings. The van der Waals surface area contributed by atoms with Gasteiger partial charge in [-0.2, -0.15) is 0 Å². The van der Waals surface area contributed by atoms with Gasteiger partial charge in [-0.15, -0.1) is 0 Å². The molecule has 2 unspecified atom stereocenters. The summed E-state index contributed by atoms with van der Waals surface area (Å²) >= 11 is 0. The fourth-order valence-electron chi connectivity index (χ4n) is 4.11. The Bertz CT molecular complexity index is 766. The average Bonchev–Trinajstić information content (AvgIpc) is 3.12. The van der Waals surface area contributed by atoms with Crippen molar-refractivity contribution in [3.8, 4) is 11.3 Å². The van der Waals surface area contributed by atoms with Gasteiger partial charge in [0.15, 0.2) is 0 Å². The number of likely N-dealkylation sites (tertiary alicyclic amines) is 1. The molecule has 0 radical (unpaired) electrons. The Morgan fingerprint density at radius 2 is 2.21 bits per heavy atom. The summed E-state index contributed by atoms with van der Waals surface area (Å²) in [5, 5.41) is 3.09. The minimum absolute atomic E-state index is 0.0419. The van der Waals surface area contributed by atoms with Gasteiger partial charge in [0.25, 0.3) is 0 Å². The molecule has 126 valence electrons. The number of hydrogen-bond donors (Lipinski definition) is 1. The number of benzene rings is 1. The first-order valence-electron chi connectivity index (χ1n) is 8.77. The summed E-state index contributed by atoms with van der Waals surface area (Å²) in [6.07, 6.45) is 8.65. The van der Waals surface area contributed by atoms with E-state index >= 15 is 0 Å². The van der Waals surface area contributed by atoms with Crippen LogP contribution in [0.15, 0.2) is 30.7 Å². The van der Waals surface area contributed by atoms with Crippen LogP contribution in [0.3, 0.4) is 0 Å². The number of fused-ring (bicyclic) bond motifs is 2. The van der Waals surface area contributed by atoms with Crippen molar-refractivity contribution in [3.63, 3.8) is 0 Å². The molecule has 5 heteroatoms. The summed E-state index contributed by atoms with van der Waals surface area (Å²) in [5.41, 5.74) is 3.99. The predicted molar refractivity (Wildman–Crippen MR) is 94.9 cm³/mol. The summed E-state index contributed by atoms with van der Waals surface area (Å²) in [6.45, 7) is 2.98. The number of nitrogens with zero attached hydrogens (tertiary/aromatic N) is 3. The third-order valence-corrected chi connectivity index (χ3v) is 5.38. The Labute approximate surface area is 142 Å². The van der Waals surface area contributed by atoms with Crippen molar-refractivity contribution in [2.45, 2.75) is 38.6 Å². The van der Waals surface area contributed by atoms with E-state index < -0.39 is 0 Å². The van der Waals surface area contributed by atoms with Crippen LogP contribution in [0.25, 0.3) is 11.3 Å². The molecule has 0 spiro atoms. The van der Waals surface area contributed by atoms with Crippen molar-refractivity contribution in [1.82, 2.24) is 14.5 Å². The third kappa shape index (κ3) is 2.79. The predicted octanol–water partition coefficient (Wildman–Crippen LogP) is 3.80. The minimum atomic E-state index is 0.0419. The molecule has 24 heavy (non-hydrogen) atoms. The number of nitrogens with one attached hydrogen (secondary N) is 1. The van der Waals surface area contributed by atoms with Gasteiger partial charge in [-0.1, -0.05) is 12.5 Å². The van der Waals surface area contributed by atoms with E-state index in [1.165, 1.54) is 19.3 Å². The zero-order chi connectivity index (χ0) is 16.7. The monoisotopic (exact) mass is 324 g/mol. The van der Waals surface area contributed by atoms with E-state index in [1.54, 1.807) is 6.33 Å². The lowest BCUT2D eigenvalue weighted by Gasteiger charge is -2.25. The molecule has 1 aliphatic heterocycles. The highest BCUT2D eigenvalue weighted by Crippen LogP contribution is 2.35. The second kappa shape index (κ2) is 5.96. The van der Waals surface area contributed by atoms with Gasteiger partial charge in [0.2, 0.25) is 0 Å². The molecule has 2 amide bonds. The second-order valence-corrected chi connectivity index (χ2v) is 7.22. The zero-order valence-electron chi connectivity index (χ0n) is 14.3. The summed E-state index contributed by atoms with van der Waals surface area (Å²) in [4.78, 5) is 19.2. The number of carbonyl (C=O) groups is 1. The van der Waals surface area contributed by atoms with Crippen LogP contribution in [0.1, 0.15) is 31.2 Å². The SMILES string of the molecule is Cc1ccc(NC(=O)N2CC3CCCC2C3)cc1-c1cn(C)cn1. The molecular weight excluding hydrogens is 300 g/mol. The third-order valence-electron chi connectivity index (χ3n) is 5.38. The van der Waals surface area contributed by atoms with Gasteiger partial charge in [-0.3, -0.25) is 0 Å². The molecule has 2 fully saturated rings. The van der Waals surface area contributed by atoms with E-state index in [-0.39, 0.29) is 6.03 Å². The fraction of sp³-hybridized carbons (Fsp3) is 0.474. The molecule has 2 atom stereocenters. The van der Waals surface area contributed by atoms with Crippen LogP contribution in [0.2, 0.25) is 0 Å². The molecule has 1 aliphatic carbocycles. The molecule has 2 heterocycles. The number of amides is 2. The van der Waals surface area contributed by atoms with Crippen LogP contribution in [0.4, 0.5) is 10.5 Å². The van der Waals surface area contributed by atoms with Gasteiger partial charge >= 0.3 is 6.03 Å². The Balaban J connectivity index is 1.53. The van der Waals surface area contributed by atoms with E-state index in [9.17, 15) is 4.79 Å². The van der Waals surface area contributed by atoms with Gasteiger partial charge in [-0.25, -0.2) is 9.78 Å². The first kappa shape index (κ1) is 15.2. The van der Waals surface area contributed by atoms with Crippen LogP contribution >= 0.6 is 0 Å². The van der Waals surface area contributed by atoms with E-state index in [4.69, 9.17) is 0 Å². The number of aromatic nitrogens is 2. The van der Waals surface area contributed by atoms with Crippen molar-refractivity contribution >= 4 is 11.7 Å². The van der Waals surface area contributed by atoms with Crippen molar-refractivity contribution in [1.29, 1.82) is 0 Å². The number of rotatable bonds is 2. The molecular formula is C19H24N4O. The van der Waals surface area contributed by atoms with Crippen LogP contribution in [0.5, 0.6) is 0 Å². The lowest BCUT2D eigenvalue weighted by Crippen LogP contribution is -2.38. The highest BCUT2D eigenvalue weighted by atomic mass is 16.2. The smallest absolute Gasteiger partial charge is 0.322 e. The van der Waals surface area contributed by atoms with E-state index in [0.29, 0.717) is 12.0 Å². The summed E-state index contributed by atoms with van der Waals surface area (Å²) < 4.78 is 1.94. The zero-order valence-corrected chi connectivity index (χ0v) is 14.3. The molecule has 4 rings (SSSR count). The molecule has 1 N–H and O–H groups in total. The lowest BCUT2D eigenvalue weighted by molar-refractivity contribution is 0.204. The Morgan fingerprint density at radius 1 is 1.33 bits per heavy atom. The molecule has 5 nitrogen and oxygen atoms in total. The second-order valence-electron chi connectivity index (χ2n) is 7.22. The number of anilines is 1. The quantitative estimate of drug-likeness (QED) is 0.913. The topological polar surface area (TPSA) is 50.2 Å². The maximum Gasteiger partial charge on any atom is 0.322 e. The Hall–Kier alpha value is -2.30. The Morgan fingerprint density at radius 3 is 2.96 bits per heavy atom. The number of carbonyl (C=O) groups excluding carboxylic acids is 1. The van der Waals surface area contributed by atoms with Gasteiger partial charge in [0.05, 0.1) is 12.0 Å². The summed E-state index contributed by atoms with van der Waals surface area (Å²) in [5.74, 6) is 0.705. The van der Waals surface area contributed by atoms with Gasteiger partial charge in [0, 0.05) is 37.1 Å². The van der Waals surface area contributed by atoms with E-state index in [0.717, 1.165) is 35.5 Å². The maximum absolute atomic E-state index is 12.7. The number of aryl methyl sites for hydroxylation is 2. The normalized spacial score (nSPS) is 22.7. The Kier molecular flexibility index (Phi) is 3.79. The van der Waals surface area contributed by atoms with Crippen molar-refractivity contribution in [3.05, 3.63) is 36.3 Å². The van der Waals surface area contributed by atoms with Crippen LogP contribution in [-0.4, -0.2) is 33.1 Å². The number of hydrogen-bond acceptors (Lipinski definition) is 2. The fourth-order valence-corrected chi connectivity index (χ4v) is 4.11. The van der Waals surface area contributed by atoms with Gasteiger partial charge in [-0.05, 0) is 49.8 Å². The summed E-state index contributed by atoms with van der Waals surface area (Å²) in [6, 6.07) is 6.52. The van der Waals surface area contributed by atoms with Crippen molar-refractivity contribution < 1.29 is 4.79 Å². The highest BCUT2D eigenvalue weighted by Gasteiger charge is 2.37. The van der Waals surface area contributed by atoms with Crippen molar-refractivity contribution in [2.75, 3.05) is 11.9 Å². The van der Waals surface area contributed by atoms with Crippen LogP contribution in [-0.2, 0) is 7.05 Å². The molecule has 2 bridgehead atoms. The van der Waals surface area contributed by atoms with E-state index in [2.05, 4.69) is 17.2 Å². The first-order chi connectivity index (χ1) is 11.6. The van der Waals surface area contributed by atoms with Crippen LogP contribution in [0, 0.1) is 12.8 Å².